The molecule has 0 atom stereocenters. The van der Waals surface area contributed by atoms with Gasteiger partial charge in [0.2, 0.25) is 5.91 Å². The second kappa shape index (κ2) is 11.5. The minimum absolute atomic E-state index is 0.115. The molecule has 0 saturated carbocycles. The Hall–Kier alpha value is -4.14. The normalized spacial score (nSPS) is 15.6. The molecule has 0 aliphatic carbocycles. The van der Waals surface area contributed by atoms with Crippen LogP contribution in [0.4, 0.5) is 11.4 Å². The van der Waals surface area contributed by atoms with Crippen molar-refractivity contribution in [3.63, 3.8) is 0 Å². The molecule has 0 radical (unpaired) electrons. The Balaban J connectivity index is 1.44. The first kappa shape index (κ1) is 25.5. The third kappa shape index (κ3) is 5.72. The van der Waals surface area contributed by atoms with E-state index in [0.717, 1.165) is 33.4 Å². The maximum atomic E-state index is 13.4. The second-order valence-electron chi connectivity index (χ2n) is 8.93. The van der Waals surface area contributed by atoms with E-state index in [4.69, 9.17) is 9.73 Å². The fourth-order valence-electron chi connectivity index (χ4n) is 4.24. The number of anilines is 1. The number of nitrogens with one attached hydrogen (secondary N) is 1. The van der Waals surface area contributed by atoms with Crippen molar-refractivity contribution in [2.24, 2.45) is 4.99 Å². The number of carbonyl (C=O) groups excluding carboxylic acids is 2. The highest BCUT2D eigenvalue weighted by molar-refractivity contribution is 8.18. The summed E-state index contributed by atoms with van der Waals surface area (Å²) in [5.41, 5.74) is 4.46. The molecule has 0 spiro atoms. The molecule has 7 nitrogen and oxygen atoms in total. The molecule has 1 aliphatic rings. The first-order valence-corrected chi connectivity index (χ1v) is 13.1. The first-order chi connectivity index (χ1) is 18.5. The number of carbonyl (C=O) groups is 2. The van der Waals surface area contributed by atoms with Gasteiger partial charge in [-0.1, -0.05) is 54.1 Å². The maximum absolute atomic E-state index is 13.4. The van der Waals surface area contributed by atoms with Gasteiger partial charge in [0.15, 0.2) is 5.17 Å². The molecule has 1 aromatic heterocycles. The summed E-state index contributed by atoms with van der Waals surface area (Å²) in [6, 6.07) is 25.2. The fraction of sp³-hybridized carbons (Fsp3) is 0.167. The van der Waals surface area contributed by atoms with E-state index in [-0.39, 0.29) is 18.4 Å². The van der Waals surface area contributed by atoms with E-state index in [1.807, 2.05) is 103 Å². The lowest BCUT2D eigenvalue weighted by Crippen LogP contribution is -2.32. The van der Waals surface area contributed by atoms with Crippen molar-refractivity contribution in [1.82, 2.24) is 9.47 Å². The predicted molar refractivity (Wildman–Crippen MR) is 154 cm³/mol. The van der Waals surface area contributed by atoms with Crippen molar-refractivity contribution in [1.29, 1.82) is 0 Å². The Morgan fingerprint density at radius 2 is 1.76 bits per heavy atom. The molecule has 38 heavy (non-hydrogen) atoms. The number of hydrogen-bond acceptors (Lipinski definition) is 5. The number of aryl methyl sites for hydroxylation is 1. The zero-order valence-corrected chi connectivity index (χ0v) is 22.1. The van der Waals surface area contributed by atoms with Crippen LogP contribution in [0.25, 0.3) is 17.0 Å². The van der Waals surface area contributed by atoms with Gasteiger partial charge in [-0.25, -0.2) is 4.99 Å². The van der Waals surface area contributed by atoms with Gasteiger partial charge in [-0.05, 0) is 55.1 Å². The van der Waals surface area contributed by atoms with E-state index in [1.54, 1.807) is 12.0 Å². The summed E-state index contributed by atoms with van der Waals surface area (Å²) in [5.74, 6) is -0.237. The third-order valence-electron chi connectivity index (χ3n) is 6.14. The number of hydrogen-bond donors (Lipinski definition) is 1. The van der Waals surface area contributed by atoms with Crippen LogP contribution in [0.15, 0.2) is 95.0 Å². The summed E-state index contributed by atoms with van der Waals surface area (Å²) in [6.07, 6.45) is 3.81. The van der Waals surface area contributed by atoms with Crippen LogP contribution < -0.4 is 5.32 Å². The number of rotatable bonds is 8. The van der Waals surface area contributed by atoms with Gasteiger partial charge >= 0.3 is 0 Å². The van der Waals surface area contributed by atoms with Crippen molar-refractivity contribution in [3.05, 3.63) is 101 Å². The van der Waals surface area contributed by atoms with Gasteiger partial charge in [-0.2, -0.15) is 0 Å². The SMILES string of the molecule is COCCN1C(=O)C(=Cc2cn(CC(=O)Nc3ccc(C)cc3)c3ccccc23)SC1=Nc1ccccc1. The van der Waals surface area contributed by atoms with E-state index in [0.29, 0.717) is 23.2 Å². The van der Waals surface area contributed by atoms with Crippen LogP contribution in [0.2, 0.25) is 0 Å². The Bertz CT molecular complexity index is 1520. The largest absolute Gasteiger partial charge is 0.383 e. The molecule has 8 heteroatoms. The van der Waals surface area contributed by atoms with Gasteiger partial charge in [-0.15, -0.1) is 0 Å². The molecule has 192 valence electrons. The number of ether oxygens (including phenoxy) is 1. The number of amides is 2. The molecule has 3 aromatic carbocycles. The number of nitrogens with zero attached hydrogens (tertiary/aromatic N) is 3. The smallest absolute Gasteiger partial charge is 0.266 e. The quantitative estimate of drug-likeness (QED) is 0.294. The van der Waals surface area contributed by atoms with Crippen molar-refractivity contribution in [2.75, 3.05) is 25.6 Å². The number of benzene rings is 3. The van der Waals surface area contributed by atoms with Crippen LogP contribution in [0.5, 0.6) is 0 Å². The van der Waals surface area contributed by atoms with Gasteiger partial charge in [0.25, 0.3) is 5.91 Å². The maximum Gasteiger partial charge on any atom is 0.266 e. The highest BCUT2D eigenvalue weighted by Gasteiger charge is 2.33. The standard InChI is InChI=1S/C30H28N4O3S/c1-21-12-14-24(15-13-21)31-28(35)20-33-19-22(25-10-6-7-11-26(25)33)18-27-29(36)34(16-17-37-2)30(38-27)32-23-8-4-3-5-9-23/h3-15,18-19H,16-17,20H2,1-2H3,(H,31,35). The number of para-hydroxylation sites is 2. The van der Waals surface area contributed by atoms with Crippen molar-refractivity contribution in [3.8, 4) is 0 Å². The molecule has 4 aromatic rings. The summed E-state index contributed by atoms with van der Waals surface area (Å²) in [4.78, 5) is 33.2. The molecular formula is C30H28N4O3S. The molecule has 5 rings (SSSR count). The summed E-state index contributed by atoms with van der Waals surface area (Å²) < 4.78 is 7.15. The van der Waals surface area contributed by atoms with Crippen LogP contribution in [-0.2, 0) is 20.9 Å². The topological polar surface area (TPSA) is 75.9 Å². The number of aromatic nitrogens is 1. The highest BCUT2D eigenvalue weighted by Crippen LogP contribution is 2.35. The average molecular weight is 525 g/mol. The lowest BCUT2D eigenvalue weighted by Gasteiger charge is -2.14. The van der Waals surface area contributed by atoms with Crippen molar-refractivity contribution < 1.29 is 14.3 Å². The molecule has 1 saturated heterocycles. The number of methoxy groups -OCH3 is 1. The summed E-state index contributed by atoms with van der Waals surface area (Å²) in [6.45, 7) is 2.97. The van der Waals surface area contributed by atoms with Gasteiger partial charge < -0.3 is 14.6 Å². The summed E-state index contributed by atoms with van der Waals surface area (Å²) in [5, 5.41) is 4.54. The van der Waals surface area contributed by atoms with Crippen LogP contribution in [0, 0.1) is 6.92 Å². The van der Waals surface area contributed by atoms with Gasteiger partial charge in [0, 0.05) is 35.5 Å². The molecule has 0 unspecified atom stereocenters. The zero-order valence-electron chi connectivity index (χ0n) is 21.3. The Morgan fingerprint density at radius 3 is 2.53 bits per heavy atom. The van der Waals surface area contributed by atoms with E-state index in [9.17, 15) is 9.59 Å². The van der Waals surface area contributed by atoms with Crippen LogP contribution in [-0.4, -0.2) is 46.7 Å². The number of thioether (sulfide) groups is 1. The van der Waals surface area contributed by atoms with Crippen molar-refractivity contribution in [2.45, 2.75) is 13.5 Å². The van der Waals surface area contributed by atoms with Crippen LogP contribution >= 0.6 is 11.8 Å². The van der Waals surface area contributed by atoms with E-state index >= 15 is 0 Å². The van der Waals surface area contributed by atoms with E-state index in [2.05, 4.69) is 5.32 Å². The molecule has 1 N–H and O–H groups in total. The number of aliphatic imine (C=N–C) groups is 1. The summed E-state index contributed by atoms with van der Waals surface area (Å²) in [7, 11) is 1.61. The van der Waals surface area contributed by atoms with Gasteiger partial charge in [-0.3, -0.25) is 14.5 Å². The average Bonchev–Trinajstić information content (AvgIpc) is 3.41. The zero-order chi connectivity index (χ0) is 26.5. The molecule has 1 aliphatic heterocycles. The fourth-order valence-corrected chi connectivity index (χ4v) is 5.25. The third-order valence-corrected chi connectivity index (χ3v) is 7.15. The molecule has 0 bridgehead atoms. The molecule has 2 amide bonds. The predicted octanol–water partition coefficient (Wildman–Crippen LogP) is 5.84. The first-order valence-electron chi connectivity index (χ1n) is 12.3. The van der Waals surface area contributed by atoms with Crippen molar-refractivity contribution >= 4 is 57.1 Å². The molecular weight excluding hydrogens is 496 g/mol. The summed E-state index contributed by atoms with van der Waals surface area (Å²) >= 11 is 1.34. The monoisotopic (exact) mass is 524 g/mol. The lowest BCUT2D eigenvalue weighted by molar-refractivity contribution is -0.122. The minimum atomic E-state index is -0.122. The molecule has 2 heterocycles. The molecule has 1 fully saturated rings. The second-order valence-corrected chi connectivity index (χ2v) is 9.94. The van der Waals surface area contributed by atoms with E-state index < -0.39 is 0 Å². The van der Waals surface area contributed by atoms with E-state index in [1.165, 1.54) is 11.8 Å². The Labute approximate surface area is 225 Å². The van der Waals surface area contributed by atoms with Crippen LogP contribution in [0.1, 0.15) is 11.1 Å². The lowest BCUT2D eigenvalue weighted by atomic mass is 10.1. The Morgan fingerprint density at radius 1 is 1.03 bits per heavy atom. The van der Waals surface area contributed by atoms with Gasteiger partial charge in [0.1, 0.15) is 6.54 Å². The number of fused-ring (bicyclic) bond motifs is 1. The Kier molecular flexibility index (Phi) is 7.72. The minimum Gasteiger partial charge on any atom is -0.383 e. The van der Waals surface area contributed by atoms with Gasteiger partial charge in [0.05, 0.1) is 23.7 Å². The van der Waals surface area contributed by atoms with Crippen LogP contribution in [0.3, 0.4) is 0 Å². The highest BCUT2D eigenvalue weighted by atomic mass is 32.2. The number of amidine groups is 1.